The van der Waals surface area contributed by atoms with E-state index in [0.29, 0.717) is 6.54 Å². The van der Waals surface area contributed by atoms with Crippen LogP contribution in [0.25, 0.3) is 0 Å². The zero-order chi connectivity index (χ0) is 19.8. The Bertz CT molecular complexity index is 755. The second kappa shape index (κ2) is 12.1. The SMILES string of the molecule is CN=C(NCc1ccccn1)NCc1ccccc1CN1CC(C)CC(C)C1.I. The molecule has 0 spiro atoms. The van der Waals surface area contributed by atoms with Gasteiger partial charge in [-0.25, -0.2) is 0 Å². The Labute approximate surface area is 192 Å². The zero-order valence-electron chi connectivity index (χ0n) is 17.8. The van der Waals surface area contributed by atoms with Gasteiger partial charge in [-0.3, -0.25) is 14.9 Å². The molecule has 0 radical (unpaired) electrons. The summed E-state index contributed by atoms with van der Waals surface area (Å²) in [5, 5.41) is 6.78. The molecule has 1 aromatic carbocycles. The quantitative estimate of drug-likeness (QED) is 0.352. The van der Waals surface area contributed by atoms with Gasteiger partial charge >= 0.3 is 0 Å². The highest BCUT2D eigenvalue weighted by atomic mass is 127. The van der Waals surface area contributed by atoms with Crippen molar-refractivity contribution in [1.82, 2.24) is 20.5 Å². The Kier molecular flexibility index (Phi) is 9.87. The first kappa shape index (κ1) is 23.6. The van der Waals surface area contributed by atoms with Crippen LogP contribution in [-0.4, -0.2) is 36.0 Å². The highest BCUT2D eigenvalue weighted by Gasteiger charge is 2.22. The lowest BCUT2D eigenvalue weighted by Crippen LogP contribution is -2.39. The highest BCUT2D eigenvalue weighted by molar-refractivity contribution is 14.0. The third-order valence-corrected chi connectivity index (χ3v) is 5.29. The minimum Gasteiger partial charge on any atom is -0.352 e. The van der Waals surface area contributed by atoms with Gasteiger partial charge in [0.15, 0.2) is 5.96 Å². The molecule has 1 aliphatic rings. The van der Waals surface area contributed by atoms with Crippen molar-refractivity contribution in [3.8, 4) is 0 Å². The summed E-state index contributed by atoms with van der Waals surface area (Å²) in [6.45, 7) is 9.56. The van der Waals surface area contributed by atoms with Gasteiger partial charge in [-0.05, 0) is 41.5 Å². The van der Waals surface area contributed by atoms with Gasteiger partial charge in [-0.1, -0.05) is 44.2 Å². The first-order chi connectivity index (χ1) is 13.6. The van der Waals surface area contributed by atoms with Gasteiger partial charge in [0.2, 0.25) is 0 Å². The number of nitrogens with one attached hydrogen (secondary N) is 2. The Balaban J connectivity index is 0.00000300. The molecule has 1 saturated heterocycles. The number of nitrogens with zero attached hydrogens (tertiary/aromatic N) is 3. The van der Waals surface area contributed by atoms with Crippen LogP contribution in [-0.2, 0) is 19.6 Å². The number of benzene rings is 1. The summed E-state index contributed by atoms with van der Waals surface area (Å²) in [7, 11) is 1.80. The number of piperidine rings is 1. The summed E-state index contributed by atoms with van der Waals surface area (Å²) >= 11 is 0. The van der Waals surface area contributed by atoms with E-state index in [0.717, 1.165) is 36.6 Å². The fourth-order valence-corrected chi connectivity index (χ4v) is 4.12. The van der Waals surface area contributed by atoms with Gasteiger partial charge < -0.3 is 10.6 Å². The van der Waals surface area contributed by atoms with Crippen LogP contribution in [0.1, 0.15) is 37.1 Å². The molecule has 1 aliphatic heterocycles. The molecule has 0 amide bonds. The molecule has 5 nitrogen and oxygen atoms in total. The number of hydrogen-bond acceptors (Lipinski definition) is 3. The van der Waals surface area contributed by atoms with Crippen molar-refractivity contribution in [2.45, 2.75) is 39.9 Å². The van der Waals surface area contributed by atoms with Crippen LogP contribution >= 0.6 is 24.0 Å². The Morgan fingerprint density at radius 3 is 2.31 bits per heavy atom. The Morgan fingerprint density at radius 2 is 1.66 bits per heavy atom. The zero-order valence-corrected chi connectivity index (χ0v) is 20.1. The average Bonchev–Trinajstić information content (AvgIpc) is 2.69. The molecule has 158 valence electrons. The maximum atomic E-state index is 4.34. The van der Waals surface area contributed by atoms with Gasteiger partial charge in [0.25, 0.3) is 0 Å². The summed E-state index contributed by atoms with van der Waals surface area (Å²) in [6, 6.07) is 14.7. The number of likely N-dealkylation sites (tertiary alicyclic amines) is 1. The molecular weight excluding hydrogens is 473 g/mol. The second-order valence-electron chi connectivity index (χ2n) is 8.01. The van der Waals surface area contributed by atoms with Crippen molar-refractivity contribution < 1.29 is 0 Å². The fraction of sp³-hybridized carbons (Fsp3) is 0.478. The lowest BCUT2D eigenvalue weighted by Gasteiger charge is -2.35. The van der Waals surface area contributed by atoms with Crippen molar-refractivity contribution in [3.63, 3.8) is 0 Å². The first-order valence-electron chi connectivity index (χ1n) is 10.3. The number of halogens is 1. The van der Waals surface area contributed by atoms with Gasteiger partial charge in [0.05, 0.1) is 12.2 Å². The molecule has 1 aromatic heterocycles. The van der Waals surface area contributed by atoms with E-state index in [1.54, 1.807) is 7.05 Å². The normalized spacial score (nSPS) is 20.0. The van der Waals surface area contributed by atoms with Gasteiger partial charge in [0, 0.05) is 39.4 Å². The van der Waals surface area contributed by atoms with E-state index in [1.165, 1.54) is 30.6 Å². The standard InChI is InChI=1S/C23H33N5.HI/c1-18-12-19(2)16-28(15-18)17-21-9-5-4-8-20(21)13-26-23(24-3)27-14-22-10-6-7-11-25-22;/h4-11,18-19H,12-17H2,1-3H3,(H2,24,26,27);1H. The van der Waals surface area contributed by atoms with Gasteiger partial charge in [0.1, 0.15) is 0 Å². The molecule has 0 bridgehead atoms. The third-order valence-electron chi connectivity index (χ3n) is 5.29. The number of aromatic nitrogens is 1. The number of rotatable bonds is 6. The van der Waals surface area contributed by atoms with E-state index in [4.69, 9.17) is 0 Å². The van der Waals surface area contributed by atoms with Crippen molar-refractivity contribution >= 4 is 29.9 Å². The largest absolute Gasteiger partial charge is 0.352 e. The Hall–Kier alpha value is -1.67. The summed E-state index contributed by atoms with van der Waals surface area (Å²) in [6.07, 6.45) is 3.16. The van der Waals surface area contributed by atoms with Gasteiger partial charge in [-0.2, -0.15) is 0 Å². The lowest BCUT2D eigenvalue weighted by atomic mass is 9.91. The summed E-state index contributed by atoms with van der Waals surface area (Å²) in [5.41, 5.74) is 3.73. The monoisotopic (exact) mass is 507 g/mol. The molecule has 2 atom stereocenters. The maximum absolute atomic E-state index is 4.34. The van der Waals surface area contributed by atoms with Crippen molar-refractivity contribution in [2.75, 3.05) is 20.1 Å². The molecule has 3 rings (SSSR count). The predicted octanol–water partition coefficient (Wildman–Crippen LogP) is 4.04. The molecule has 2 heterocycles. The third kappa shape index (κ3) is 7.59. The van der Waals surface area contributed by atoms with E-state index < -0.39 is 0 Å². The second-order valence-corrected chi connectivity index (χ2v) is 8.01. The van der Waals surface area contributed by atoms with Crippen LogP contribution in [0.4, 0.5) is 0 Å². The van der Waals surface area contributed by atoms with E-state index in [-0.39, 0.29) is 24.0 Å². The van der Waals surface area contributed by atoms with Crippen molar-refractivity contribution in [1.29, 1.82) is 0 Å². The minimum atomic E-state index is 0. The molecule has 29 heavy (non-hydrogen) atoms. The summed E-state index contributed by atoms with van der Waals surface area (Å²) in [4.78, 5) is 11.3. The van der Waals surface area contributed by atoms with Crippen LogP contribution in [0.2, 0.25) is 0 Å². The number of aliphatic imine (C=N–C) groups is 1. The van der Waals surface area contributed by atoms with Crippen LogP contribution in [0, 0.1) is 11.8 Å². The highest BCUT2D eigenvalue weighted by Crippen LogP contribution is 2.23. The molecule has 0 saturated carbocycles. The maximum Gasteiger partial charge on any atom is 0.191 e. The summed E-state index contributed by atoms with van der Waals surface area (Å²) < 4.78 is 0. The molecule has 6 heteroatoms. The molecule has 2 aromatic rings. The molecule has 1 fully saturated rings. The van der Waals surface area contributed by atoms with E-state index in [1.807, 2.05) is 24.4 Å². The number of hydrogen-bond donors (Lipinski definition) is 2. The molecule has 2 N–H and O–H groups in total. The van der Waals surface area contributed by atoms with Crippen molar-refractivity contribution in [3.05, 3.63) is 65.5 Å². The molecule has 2 unspecified atom stereocenters. The topological polar surface area (TPSA) is 52.6 Å². The van der Waals surface area contributed by atoms with E-state index in [2.05, 4.69) is 63.6 Å². The average molecular weight is 507 g/mol. The lowest BCUT2D eigenvalue weighted by molar-refractivity contribution is 0.134. The first-order valence-corrected chi connectivity index (χ1v) is 10.3. The molecule has 0 aliphatic carbocycles. The van der Waals surface area contributed by atoms with E-state index >= 15 is 0 Å². The van der Waals surface area contributed by atoms with Crippen LogP contribution in [0.15, 0.2) is 53.7 Å². The Morgan fingerprint density at radius 1 is 1.00 bits per heavy atom. The number of pyridine rings is 1. The minimum absolute atomic E-state index is 0. The van der Waals surface area contributed by atoms with Crippen LogP contribution in [0.5, 0.6) is 0 Å². The number of guanidine groups is 1. The van der Waals surface area contributed by atoms with Crippen molar-refractivity contribution in [2.24, 2.45) is 16.8 Å². The fourth-order valence-electron chi connectivity index (χ4n) is 4.12. The smallest absolute Gasteiger partial charge is 0.191 e. The molecular formula is C23H34IN5. The van der Waals surface area contributed by atoms with E-state index in [9.17, 15) is 0 Å². The van der Waals surface area contributed by atoms with Gasteiger partial charge in [-0.15, -0.1) is 24.0 Å². The summed E-state index contributed by atoms with van der Waals surface area (Å²) in [5.74, 6) is 2.35. The van der Waals surface area contributed by atoms with Crippen LogP contribution < -0.4 is 10.6 Å². The van der Waals surface area contributed by atoms with Crippen LogP contribution in [0.3, 0.4) is 0 Å². The predicted molar refractivity (Wildman–Crippen MR) is 131 cm³/mol.